The number of hydrogen-bond acceptors (Lipinski definition) is 5. The molecule has 5 nitrogen and oxygen atoms in total. The topological polar surface area (TPSA) is 67.1 Å². The van der Waals surface area contributed by atoms with Crippen molar-refractivity contribution in [2.45, 2.75) is 26.7 Å². The van der Waals surface area contributed by atoms with Crippen LogP contribution in [0.3, 0.4) is 0 Å². The summed E-state index contributed by atoms with van der Waals surface area (Å²) in [6.07, 6.45) is 1.84. The fraction of sp³-hybridized carbons (Fsp3) is 0.333. The summed E-state index contributed by atoms with van der Waals surface area (Å²) in [5.74, 6) is 7.77. The van der Waals surface area contributed by atoms with Crippen LogP contribution in [0.5, 0.6) is 0 Å². The van der Waals surface area contributed by atoms with Crippen LogP contribution >= 0.6 is 0 Å². The number of anilines is 3. The summed E-state index contributed by atoms with van der Waals surface area (Å²) < 4.78 is 0. The standard InChI is InChI=1S/C15H21N5/c1-4-7-13-17-14(19-16)10-15(18-13)20(3)12-9-6-5-8-11(12)2/h5-6,8-10H,4,7,16H2,1-3H3,(H,17,18,19). The SMILES string of the molecule is CCCc1nc(NN)cc(N(C)c2ccccc2C)n1. The quantitative estimate of drug-likeness (QED) is 0.646. The average molecular weight is 271 g/mol. The van der Waals surface area contributed by atoms with Gasteiger partial charge in [-0.25, -0.2) is 15.8 Å². The Hall–Kier alpha value is -2.14. The van der Waals surface area contributed by atoms with Crippen LogP contribution in [-0.4, -0.2) is 17.0 Å². The Kier molecular flexibility index (Phi) is 4.53. The van der Waals surface area contributed by atoms with Crippen molar-refractivity contribution in [1.29, 1.82) is 0 Å². The maximum atomic E-state index is 5.49. The molecule has 0 aliphatic rings. The van der Waals surface area contributed by atoms with Crippen molar-refractivity contribution in [2.75, 3.05) is 17.4 Å². The van der Waals surface area contributed by atoms with Gasteiger partial charge < -0.3 is 10.3 Å². The minimum atomic E-state index is 0.638. The van der Waals surface area contributed by atoms with E-state index in [0.29, 0.717) is 5.82 Å². The number of nitrogens with two attached hydrogens (primary N) is 1. The largest absolute Gasteiger partial charge is 0.329 e. The molecule has 20 heavy (non-hydrogen) atoms. The van der Waals surface area contributed by atoms with Crippen LogP contribution in [0.2, 0.25) is 0 Å². The lowest BCUT2D eigenvalue weighted by atomic mass is 10.2. The monoisotopic (exact) mass is 271 g/mol. The summed E-state index contributed by atoms with van der Waals surface area (Å²) in [6.45, 7) is 4.19. The van der Waals surface area contributed by atoms with E-state index >= 15 is 0 Å². The van der Waals surface area contributed by atoms with E-state index in [4.69, 9.17) is 5.84 Å². The third kappa shape index (κ3) is 3.05. The van der Waals surface area contributed by atoms with Gasteiger partial charge in [-0.3, -0.25) is 0 Å². The van der Waals surface area contributed by atoms with Crippen LogP contribution in [0.1, 0.15) is 24.7 Å². The lowest BCUT2D eigenvalue weighted by molar-refractivity contribution is 0.831. The lowest BCUT2D eigenvalue weighted by Gasteiger charge is -2.21. The van der Waals surface area contributed by atoms with Gasteiger partial charge in [0.15, 0.2) is 0 Å². The maximum Gasteiger partial charge on any atom is 0.145 e. The van der Waals surface area contributed by atoms with Gasteiger partial charge in [0.25, 0.3) is 0 Å². The first-order chi connectivity index (χ1) is 9.65. The summed E-state index contributed by atoms with van der Waals surface area (Å²) in [5, 5.41) is 0. The first-order valence-corrected chi connectivity index (χ1v) is 6.79. The van der Waals surface area contributed by atoms with E-state index in [1.807, 2.05) is 25.2 Å². The lowest BCUT2D eigenvalue weighted by Crippen LogP contribution is -2.16. The molecule has 0 aliphatic heterocycles. The number of hydrazine groups is 1. The van der Waals surface area contributed by atoms with E-state index in [0.717, 1.165) is 30.2 Å². The third-order valence-electron chi connectivity index (χ3n) is 3.20. The Balaban J connectivity index is 2.40. The molecule has 1 aromatic heterocycles. The van der Waals surface area contributed by atoms with E-state index in [1.165, 1.54) is 5.56 Å². The fourth-order valence-corrected chi connectivity index (χ4v) is 2.13. The highest BCUT2D eigenvalue weighted by atomic mass is 15.3. The Morgan fingerprint density at radius 3 is 2.65 bits per heavy atom. The smallest absolute Gasteiger partial charge is 0.145 e. The first kappa shape index (κ1) is 14.3. The van der Waals surface area contributed by atoms with E-state index in [-0.39, 0.29) is 0 Å². The highest BCUT2D eigenvalue weighted by molar-refractivity contribution is 5.64. The van der Waals surface area contributed by atoms with E-state index < -0.39 is 0 Å². The molecule has 0 saturated heterocycles. The number of para-hydroxylation sites is 1. The molecule has 1 aromatic carbocycles. The summed E-state index contributed by atoms with van der Waals surface area (Å²) >= 11 is 0. The fourth-order valence-electron chi connectivity index (χ4n) is 2.13. The molecule has 0 saturated carbocycles. The van der Waals surface area contributed by atoms with E-state index in [2.05, 4.69) is 46.3 Å². The van der Waals surface area contributed by atoms with Gasteiger partial charge in [0, 0.05) is 25.2 Å². The maximum absolute atomic E-state index is 5.49. The van der Waals surface area contributed by atoms with Crippen LogP contribution in [0.4, 0.5) is 17.3 Å². The van der Waals surface area contributed by atoms with Crippen LogP contribution < -0.4 is 16.2 Å². The second-order valence-electron chi connectivity index (χ2n) is 4.77. The van der Waals surface area contributed by atoms with Crippen molar-refractivity contribution in [1.82, 2.24) is 9.97 Å². The molecule has 0 aliphatic carbocycles. The molecule has 0 unspecified atom stereocenters. The Morgan fingerprint density at radius 1 is 1.25 bits per heavy atom. The number of hydrogen-bond donors (Lipinski definition) is 2. The molecule has 0 atom stereocenters. The summed E-state index contributed by atoms with van der Waals surface area (Å²) in [5.41, 5.74) is 4.93. The van der Waals surface area contributed by atoms with Crippen LogP contribution in [0.25, 0.3) is 0 Å². The van der Waals surface area contributed by atoms with Gasteiger partial charge in [-0.15, -0.1) is 0 Å². The molecule has 0 amide bonds. The minimum Gasteiger partial charge on any atom is -0.329 e. The highest BCUT2D eigenvalue weighted by Gasteiger charge is 2.11. The van der Waals surface area contributed by atoms with Gasteiger partial charge in [0.2, 0.25) is 0 Å². The molecule has 2 aromatic rings. The number of rotatable bonds is 5. The van der Waals surface area contributed by atoms with Crippen molar-refractivity contribution < 1.29 is 0 Å². The summed E-state index contributed by atoms with van der Waals surface area (Å²) in [4.78, 5) is 11.0. The van der Waals surface area contributed by atoms with Crippen LogP contribution in [0, 0.1) is 6.92 Å². The molecule has 0 fully saturated rings. The van der Waals surface area contributed by atoms with Gasteiger partial charge in [-0.1, -0.05) is 25.1 Å². The van der Waals surface area contributed by atoms with Crippen molar-refractivity contribution in [3.63, 3.8) is 0 Å². The molecule has 3 N–H and O–H groups in total. The minimum absolute atomic E-state index is 0.638. The van der Waals surface area contributed by atoms with Crippen molar-refractivity contribution in [3.05, 3.63) is 41.7 Å². The normalized spacial score (nSPS) is 10.4. The molecule has 0 radical (unpaired) electrons. The molecule has 0 spiro atoms. The molecule has 2 rings (SSSR count). The van der Waals surface area contributed by atoms with E-state index in [9.17, 15) is 0 Å². The number of nitrogens with zero attached hydrogens (tertiary/aromatic N) is 3. The Morgan fingerprint density at radius 2 is 2.00 bits per heavy atom. The Labute approximate surface area is 119 Å². The zero-order chi connectivity index (χ0) is 14.5. The van der Waals surface area contributed by atoms with Crippen LogP contribution in [-0.2, 0) is 6.42 Å². The second-order valence-corrected chi connectivity index (χ2v) is 4.77. The molecular weight excluding hydrogens is 250 g/mol. The van der Waals surface area contributed by atoms with Gasteiger partial charge >= 0.3 is 0 Å². The van der Waals surface area contributed by atoms with Gasteiger partial charge in [0.05, 0.1) is 0 Å². The number of nitrogen functional groups attached to an aromatic ring is 1. The van der Waals surface area contributed by atoms with Gasteiger partial charge in [0.1, 0.15) is 17.5 Å². The van der Waals surface area contributed by atoms with Crippen LogP contribution in [0.15, 0.2) is 30.3 Å². The zero-order valence-electron chi connectivity index (χ0n) is 12.2. The molecule has 1 heterocycles. The zero-order valence-corrected chi connectivity index (χ0v) is 12.2. The molecule has 0 bridgehead atoms. The number of aromatic nitrogens is 2. The molecule has 5 heteroatoms. The Bertz CT molecular complexity index is 582. The summed E-state index contributed by atoms with van der Waals surface area (Å²) in [7, 11) is 2.00. The highest BCUT2D eigenvalue weighted by Crippen LogP contribution is 2.26. The number of nitrogens with one attached hydrogen (secondary N) is 1. The predicted octanol–water partition coefficient (Wildman–Crippen LogP) is 2.79. The van der Waals surface area contributed by atoms with Crippen molar-refractivity contribution >= 4 is 17.3 Å². The van der Waals surface area contributed by atoms with E-state index in [1.54, 1.807) is 0 Å². The third-order valence-corrected chi connectivity index (χ3v) is 3.20. The van der Waals surface area contributed by atoms with Gasteiger partial charge in [-0.05, 0) is 25.0 Å². The van der Waals surface area contributed by atoms with Crippen molar-refractivity contribution in [2.24, 2.45) is 5.84 Å². The molecular formula is C15H21N5. The van der Waals surface area contributed by atoms with Gasteiger partial charge in [-0.2, -0.15) is 0 Å². The second kappa shape index (κ2) is 6.34. The average Bonchev–Trinajstić information content (AvgIpc) is 2.47. The number of benzene rings is 1. The first-order valence-electron chi connectivity index (χ1n) is 6.79. The number of aryl methyl sites for hydroxylation is 2. The summed E-state index contributed by atoms with van der Waals surface area (Å²) in [6, 6.07) is 10.1. The van der Waals surface area contributed by atoms with Crippen molar-refractivity contribution in [3.8, 4) is 0 Å². The molecule has 106 valence electrons. The predicted molar refractivity (Wildman–Crippen MR) is 83.1 cm³/mol.